The highest BCUT2D eigenvalue weighted by atomic mass is 16.3. The molecule has 0 radical (unpaired) electrons. The van der Waals surface area contributed by atoms with Gasteiger partial charge in [0.1, 0.15) is 5.58 Å². The van der Waals surface area contributed by atoms with E-state index in [1.807, 2.05) is 19.9 Å². The quantitative estimate of drug-likeness (QED) is 0.838. The van der Waals surface area contributed by atoms with Gasteiger partial charge in [0.15, 0.2) is 0 Å². The molecule has 1 N–H and O–H groups in total. The van der Waals surface area contributed by atoms with Gasteiger partial charge in [-0.3, -0.25) is 4.79 Å². The Labute approximate surface area is 106 Å². The van der Waals surface area contributed by atoms with Crippen molar-refractivity contribution in [2.75, 3.05) is 6.54 Å². The number of terminal acetylenes is 1. The molecule has 0 spiro atoms. The molecular weight excluding hydrogens is 226 g/mol. The van der Waals surface area contributed by atoms with Crippen LogP contribution in [0.1, 0.15) is 16.7 Å². The van der Waals surface area contributed by atoms with E-state index in [9.17, 15) is 4.79 Å². The van der Waals surface area contributed by atoms with E-state index in [0.29, 0.717) is 0 Å². The maximum Gasteiger partial charge on any atom is 0.225 e. The Balaban J connectivity index is 2.27. The van der Waals surface area contributed by atoms with E-state index in [4.69, 9.17) is 10.8 Å². The van der Waals surface area contributed by atoms with Gasteiger partial charge in [0, 0.05) is 10.9 Å². The summed E-state index contributed by atoms with van der Waals surface area (Å²) in [6.07, 6.45) is 7.02. The van der Waals surface area contributed by atoms with Crippen LogP contribution in [0.4, 0.5) is 0 Å². The topological polar surface area (TPSA) is 42.2 Å². The van der Waals surface area contributed by atoms with Gasteiger partial charge in [-0.2, -0.15) is 0 Å². The maximum atomic E-state index is 11.6. The summed E-state index contributed by atoms with van der Waals surface area (Å²) in [5.74, 6) is 2.29. The lowest BCUT2D eigenvalue weighted by atomic mass is 10.0. The minimum atomic E-state index is -0.0890. The molecule has 2 aromatic rings. The second-order valence-electron chi connectivity index (χ2n) is 4.35. The Bertz CT molecular complexity index is 632. The van der Waals surface area contributed by atoms with E-state index in [2.05, 4.69) is 17.3 Å². The van der Waals surface area contributed by atoms with Gasteiger partial charge in [-0.05, 0) is 37.1 Å². The van der Waals surface area contributed by atoms with Crippen molar-refractivity contribution >= 4 is 16.9 Å². The molecular formula is C15H15NO2. The zero-order valence-corrected chi connectivity index (χ0v) is 10.5. The predicted molar refractivity (Wildman–Crippen MR) is 71.2 cm³/mol. The van der Waals surface area contributed by atoms with Crippen LogP contribution in [0.2, 0.25) is 0 Å². The third-order valence-electron chi connectivity index (χ3n) is 3.01. The third kappa shape index (κ3) is 2.38. The fourth-order valence-corrected chi connectivity index (χ4v) is 1.86. The molecule has 1 amide bonds. The van der Waals surface area contributed by atoms with Crippen LogP contribution in [0.5, 0.6) is 0 Å². The minimum absolute atomic E-state index is 0.0890. The van der Waals surface area contributed by atoms with Crippen LogP contribution in [-0.4, -0.2) is 12.5 Å². The molecule has 1 aromatic carbocycles. The normalized spacial score (nSPS) is 10.3. The summed E-state index contributed by atoms with van der Waals surface area (Å²) in [6, 6.07) is 4.05. The first-order valence-corrected chi connectivity index (χ1v) is 5.79. The number of aryl methyl sites for hydroxylation is 2. The number of furan rings is 1. The van der Waals surface area contributed by atoms with Crippen LogP contribution in [-0.2, 0) is 11.2 Å². The molecule has 1 aromatic heterocycles. The molecule has 0 bridgehead atoms. The van der Waals surface area contributed by atoms with Crippen LogP contribution in [0, 0.1) is 26.2 Å². The standard InChI is InChI=1S/C15H15NO2/c1-4-5-16-15(17)8-12-9-18-14-7-11(3)10(2)6-13(12)14/h1,6-7,9H,5,8H2,2-3H3,(H,16,17). The van der Waals surface area contributed by atoms with Crippen molar-refractivity contribution in [1.82, 2.24) is 5.32 Å². The first kappa shape index (κ1) is 12.3. The number of rotatable bonds is 3. The lowest BCUT2D eigenvalue weighted by Crippen LogP contribution is -2.25. The molecule has 0 unspecified atom stereocenters. The second kappa shape index (κ2) is 4.97. The molecule has 0 fully saturated rings. The summed E-state index contributed by atoms with van der Waals surface area (Å²) in [5, 5.41) is 3.64. The highest BCUT2D eigenvalue weighted by Gasteiger charge is 2.11. The number of hydrogen-bond donors (Lipinski definition) is 1. The lowest BCUT2D eigenvalue weighted by molar-refractivity contribution is -0.120. The molecule has 0 atom stereocenters. The van der Waals surface area contributed by atoms with Gasteiger partial charge >= 0.3 is 0 Å². The molecule has 3 nitrogen and oxygen atoms in total. The van der Waals surface area contributed by atoms with E-state index in [1.54, 1.807) is 6.26 Å². The van der Waals surface area contributed by atoms with Gasteiger partial charge < -0.3 is 9.73 Å². The molecule has 0 saturated carbocycles. The van der Waals surface area contributed by atoms with Gasteiger partial charge in [0.25, 0.3) is 0 Å². The summed E-state index contributed by atoms with van der Waals surface area (Å²) in [7, 11) is 0. The molecule has 1 heterocycles. The van der Waals surface area contributed by atoms with Crippen molar-refractivity contribution < 1.29 is 9.21 Å². The molecule has 2 rings (SSSR count). The number of carbonyl (C=O) groups excluding carboxylic acids is 1. The number of carbonyl (C=O) groups is 1. The van der Waals surface area contributed by atoms with E-state index in [0.717, 1.165) is 16.5 Å². The van der Waals surface area contributed by atoms with Crippen molar-refractivity contribution in [2.45, 2.75) is 20.3 Å². The first-order chi connectivity index (χ1) is 8.61. The molecule has 92 valence electrons. The Hall–Kier alpha value is -2.21. The zero-order valence-electron chi connectivity index (χ0n) is 10.5. The predicted octanol–water partition coefficient (Wildman–Crippen LogP) is 2.34. The Morgan fingerprint density at radius 3 is 2.83 bits per heavy atom. The van der Waals surface area contributed by atoms with Gasteiger partial charge in [-0.1, -0.05) is 5.92 Å². The lowest BCUT2D eigenvalue weighted by Gasteiger charge is -2.02. The number of benzene rings is 1. The number of hydrogen-bond acceptors (Lipinski definition) is 2. The van der Waals surface area contributed by atoms with Crippen LogP contribution in [0.15, 0.2) is 22.8 Å². The van der Waals surface area contributed by atoms with Crippen LogP contribution in [0.25, 0.3) is 11.0 Å². The van der Waals surface area contributed by atoms with E-state index in [-0.39, 0.29) is 18.9 Å². The van der Waals surface area contributed by atoms with Gasteiger partial charge in [0.2, 0.25) is 5.91 Å². The second-order valence-corrected chi connectivity index (χ2v) is 4.35. The summed E-state index contributed by atoms with van der Waals surface area (Å²) in [5.41, 5.74) is 4.08. The highest BCUT2D eigenvalue weighted by molar-refractivity contribution is 5.88. The molecule has 0 aliphatic carbocycles. The SMILES string of the molecule is C#CCNC(=O)Cc1coc2cc(C)c(C)cc12. The molecule has 3 heteroatoms. The number of fused-ring (bicyclic) bond motifs is 1. The number of nitrogens with one attached hydrogen (secondary N) is 1. The fraction of sp³-hybridized carbons (Fsp3) is 0.267. The van der Waals surface area contributed by atoms with Crippen molar-refractivity contribution in [3.8, 4) is 12.3 Å². The summed E-state index contributed by atoms with van der Waals surface area (Å²) >= 11 is 0. The summed E-state index contributed by atoms with van der Waals surface area (Å²) in [4.78, 5) is 11.6. The van der Waals surface area contributed by atoms with Crippen molar-refractivity contribution in [3.05, 3.63) is 35.1 Å². The smallest absolute Gasteiger partial charge is 0.225 e. The zero-order chi connectivity index (χ0) is 13.1. The van der Waals surface area contributed by atoms with Crippen LogP contribution < -0.4 is 5.32 Å². The molecule has 0 aliphatic rings. The van der Waals surface area contributed by atoms with Crippen LogP contribution in [0.3, 0.4) is 0 Å². The maximum absolute atomic E-state index is 11.6. The van der Waals surface area contributed by atoms with E-state index in [1.165, 1.54) is 11.1 Å². The molecule has 0 aliphatic heterocycles. The molecule has 18 heavy (non-hydrogen) atoms. The summed E-state index contributed by atoms with van der Waals surface area (Å²) < 4.78 is 5.47. The average Bonchev–Trinajstić information content (AvgIpc) is 2.70. The van der Waals surface area contributed by atoms with Crippen LogP contribution >= 0.6 is 0 Å². The number of amides is 1. The monoisotopic (exact) mass is 241 g/mol. The largest absolute Gasteiger partial charge is 0.464 e. The average molecular weight is 241 g/mol. The Morgan fingerprint density at radius 1 is 1.39 bits per heavy atom. The van der Waals surface area contributed by atoms with Crippen molar-refractivity contribution in [3.63, 3.8) is 0 Å². The van der Waals surface area contributed by atoms with Crippen molar-refractivity contribution in [1.29, 1.82) is 0 Å². The van der Waals surface area contributed by atoms with Gasteiger partial charge in [-0.15, -0.1) is 6.42 Å². The minimum Gasteiger partial charge on any atom is -0.464 e. The molecule has 0 saturated heterocycles. The first-order valence-electron chi connectivity index (χ1n) is 5.79. The van der Waals surface area contributed by atoms with E-state index >= 15 is 0 Å². The van der Waals surface area contributed by atoms with E-state index < -0.39 is 0 Å². The summed E-state index contributed by atoms with van der Waals surface area (Å²) in [6.45, 7) is 4.34. The fourth-order valence-electron chi connectivity index (χ4n) is 1.86. The van der Waals surface area contributed by atoms with Crippen molar-refractivity contribution in [2.24, 2.45) is 0 Å². The van der Waals surface area contributed by atoms with Gasteiger partial charge in [0.05, 0.1) is 19.2 Å². The highest BCUT2D eigenvalue weighted by Crippen LogP contribution is 2.25. The Morgan fingerprint density at radius 2 is 2.11 bits per heavy atom. The third-order valence-corrected chi connectivity index (χ3v) is 3.01. The Kier molecular flexibility index (Phi) is 3.38. The van der Waals surface area contributed by atoms with Gasteiger partial charge in [-0.25, -0.2) is 0 Å².